The Kier molecular flexibility index (Phi) is 4.99. The molecule has 0 spiro atoms. The van der Waals surface area contributed by atoms with Crippen LogP contribution < -0.4 is 4.74 Å². The van der Waals surface area contributed by atoms with Gasteiger partial charge >= 0.3 is 0 Å². The van der Waals surface area contributed by atoms with Gasteiger partial charge in [-0.25, -0.2) is 4.39 Å². The second kappa shape index (κ2) is 6.74. The number of methoxy groups -OCH3 is 1. The van der Waals surface area contributed by atoms with Crippen LogP contribution in [0.25, 0.3) is 10.6 Å². The lowest BCUT2D eigenvalue weighted by atomic mass is 10.0. The predicted molar refractivity (Wildman–Crippen MR) is 83.1 cm³/mol. The normalized spacial score (nSPS) is 11.8. The third-order valence-electron chi connectivity index (χ3n) is 2.92. The molecule has 2 rings (SSSR count). The van der Waals surface area contributed by atoms with E-state index in [4.69, 9.17) is 27.9 Å². The number of benzene rings is 2. The second-order valence-electron chi connectivity index (χ2n) is 4.20. The monoisotopic (exact) mass is 324 g/mol. The summed E-state index contributed by atoms with van der Waals surface area (Å²) in [7, 11) is 1.55. The van der Waals surface area contributed by atoms with E-state index in [-0.39, 0.29) is 15.6 Å². The predicted octanol–water partition coefficient (Wildman–Crippen LogP) is 4.79. The Morgan fingerprint density at radius 3 is 2.38 bits per heavy atom. The van der Waals surface area contributed by atoms with Gasteiger partial charge < -0.3 is 4.74 Å². The van der Waals surface area contributed by atoms with Crippen molar-refractivity contribution in [3.8, 4) is 5.75 Å². The molecule has 0 saturated carbocycles. The summed E-state index contributed by atoms with van der Waals surface area (Å²) < 4.78 is 18.1. The number of carbonyl (C=O) groups is 1. The molecule has 0 aliphatic heterocycles. The Morgan fingerprint density at radius 2 is 1.86 bits per heavy atom. The number of carbonyl (C=O) groups excluding carboxylic acids is 1. The van der Waals surface area contributed by atoms with Crippen molar-refractivity contribution >= 4 is 40.1 Å². The van der Waals surface area contributed by atoms with Gasteiger partial charge in [0.15, 0.2) is 6.29 Å². The average Bonchev–Trinajstić information content (AvgIpc) is 2.48. The molecule has 0 fully saturated rings. The highest BCUT2D eigenvalue weighted by molar-refractivity contribution is 6.57. The maximum atomic E-state index is 13.1. The van der Waals surface area contributed by atoms with Gasteiger partial charge in [0.25, 0.3) is 0 Å². The zero-order chi connectivity index (χ0) is 15.4. The van der Waals surface area contributed by atoms with E-state index in [0.717, 1.165) is 6.07 Å². The molecule has 21 heavy (non-hydrogen) atoms. The molecule has 0 aliphatic rings. The maximum absolute atomic E-state index is 13.1. The molecule has 0 amide bonds. The minimum absolute atomic E-state index is 0.146. The van der Waals surface area contributed by atoms with Crippen LogP contribution in [-0.2, 0) is 4.79 Å². The summed E-state index contributed by atoms with van der Waals surface area (Å²) in [4.78, 5) is 11.4. The average molecular weight is 325 g/mol. The number of hydrogen-bond donors (Lipinski definition) is 0. The van der Waals surface area contributed by atoms with E-state index < -0.39 is 5.82 Å². The van der Waals surface area contributed by atoms with Crippen molar-refractivity contribution in [3.63, 3.8) is 0 Å². The zero-order valence-electron chi connectivity index (χ0n) is 11.1. The Labute approximate surface area is 131 Å². The van der Waals surface area contributed by atoms with Crippen molar-refractivity contribution in [2.45, 2.75) is 0 Å². The van der Waals surface area contributed by atoms with Crippen molar-refractivity contribution in [1.29, 1.82) is 0 Å². The summed E-state index contributed by atoms with van der Waals surface area (Å²) in [5.74, 6) is 0.199. The van der Waals surface area contributed by atoms with Crippen LogP contribution in [0.3, 0.4) is 0 Å². The van der Waals surface area contributed by atoms with Gasteiger partial charge in [0.05, 0.1) is 17.2 Å². The second-order valence-corrected chi connectivity index (χ2v) is 4.98. The van der Waals surface area contributed by atoms with E-state index in [1.165, 1.54) is 12.1 Å². The van der Waals surface area contributed by atoms with Crippen LogP contribution in [0, 0.1) is 5.82 Å². The van der Waals surface area contributed by atoms with Crippen molar-refractivity contribution in [1.82, 2.24) is 0 Å². The molecule has 0 radical (unpaired) electrons. The first-order valence-corrected chi connectivity index (χ1v) is 6.77. The highest BCUT2D eigenvalue weighted by atomic mass is 35.5. The van der Waals surface area contributed by atoms with E-state index in [2.05, 4.69) is 0 Å². The highest BCUT2D eigenvalue weighted by Crippen LogP contribution is 2.33. The first kappa shape index (κ1) is 15.5. The molecule has 0 saturated heterocycles. The van der Waals surface area contributed by atoms with Crippen LogP contribution in [0.1, 0.15) is 11.1 Å². The summed E-state index contributed by atoms with van der Waals surface area (Å²) in [6.07, 6.45) is 0.643. The smallest absolute Gasteiger partial charge is 0.152 e. The van der Waals surface area contributed by atoms with E-state index in [9.17, 15) is 9.18 Å². The minimum Gasteiger partial charge on any atom is -0.497 e. The Balaban J connectivity index is 2.52. The molecule has 0 unspecified atom stereocenters. The molecule has 2 nitrogen and oxygen atoms in total. The topological polar surface area (TPSA) is 26.3 Å². The molecule has 0 heterocycles. The summed E-state index contributed by atoms with van der Waals surface area (Å²) in [5, 5.41) is 0.313. The number of halogens is 3. The minimum atomic E-state index is -0.467. The van der Waals surface area contributed by atoms with Crippen LogP contribution in [0.5, 0.6) is 5.75 Å². The van der Waals surface area contributed by atoms with E-state index >= 15 is 0 Å². The van der Waals surface area contributed by atoms with Gasteiger partial charge in [0.2, 0.25) is 0 Å². The first-order valence-electron chi connectivity index (χ1n) is 6.01. The third-order valence-corrected chi connectivity index (χ3v) is 3.64. The SMILES string of the molecule is COc1ccc(/C(C=O)=C(\Cl)c2ccc(F)cc2Cl)cc1. The molecule has 0 N–H and O–H groups in total. The summed E-state index contributed by atoms with van der Waals surface area (Å²) >= 11 is 12.2. The lowest BCUT2D eigenvalue weighted by Crippen LogP contribution is -1.92. The van der Waals surface area contributed by atoms with Crippen LogP contribution in [0.15, 0.2) is 42.5 Å². The lowest BCUT2D eigenvalue weighted by Gasteiger charge is -2.08. The van der Waals surface area contributed by atoms with Crippen LogP contribution in [0.4, 0.5) is 4.39 Å². The number of hydrogen-bond acceptors (Lipinski definition) is 2. The molecule has 0 aromatic heterocycles. The van der Waals surface area contributed by atoms with Crippen molar-refractivity contribution in [3.05, 3.63) is 64.4 Å². The van der Waals surface area contributed by atoms with Gasteiger partial charge in [0, 0.05) is 11.1 Å². The van der Waals surface area contributed by atoms with Gasteiger partial charge in [0.1, 0.15) is 11.6 Å². The fraction of sp³-hybridized carbons (Fsp3) is 0.0625. The molecule has 0 atom stereocenters. The third kappa shape index (κ3) is 3.43. The van der Waals surface area contributed by atoms with Crippen molar-refractivity contribution < 1.29 is 13.9 Å². The van der Waals surface area contributed by atoms with E-state index in [0.29, 0.717) is 23.2 Å². The molecule has 0 aliphatic carbocycles. The number of allylic oxidation sites excluding steroid dienone is 1. The van der Waals surface area contributed by atoms with Crippen molar-refractivity contribution in [2.75, 3.05) is 7.11 Å². The molecule has 2 aromatic carbocycles. The first-order chi connectivity index (χ1) is 10.1. The Morgan fingerprint density at radius 1 is 1.19 bits per heavy atom. The number of aldehydes is 1. The maximum Gasteiger partial charge on any atom is 0.152 e. The van der Waals surface area contributed by atoms with Crippen molar-refractivity contribution in [2.24, 2.45) is 0 Å². The largest absolute Gasteiger partial charge is 0.497 e. The molecule has 0 bridgehead atoms. The molecule has 108 valence electrons. The van der Waals surface area contributed by atoms with Crippen LogP contribution in [0.2, 0.25) is 5.02 Å². The van der Waals surface area contributed by atoms with Crippen LogP contribution in [-0.4, -0.2) is 13.4 Å². The molecular weight excluding hydrogens is 314 g/mol. The summed E-state index contributed by atoms with van der Waals surface area (Å²) in [6, 6.07) is 10.7. The fourth-order valence-corrected chi connectivity index (χ4v) is 2.46. The van der Waals surface area contributed by atoms with Crippen LogP contribution >= 0.6 is 23.2 Å². The fourth-order valence-electron chi connectivity index (χ4n) is 1.83. The van der Waals surface area contributed by atoms with Gasteiger partial charge in [-0.1, -0.05) is 35.3 Å². The van der Waals surface area contributed by atoms with Gasteiger partial charge in [-0.3, -0.25) is 4.79 Å². The van der Waals surface area contributed by atoms with Gasteiger partial charge in [-0.05, 0) is 35.9 Å². The zero-order valence-corrected chi connectivity index (χ0v) is 12.6. The van der Waals surface area contributed by atoms with Gasteiger partial charge in [-0.2, -0.15) is 0 Å². The number of ether oxygens (including phenoxy) is 1. The molecular formula is C16H11Cl2FO2. The standard InChI is InChI=1S/C16H11Cl2FO2/c1-21-12-5-2-10(3-6-12)14(9-20)16(18)13-7-4-11(19)8-15(13)17/h2-9H,1H3/b16-14-. The summed E-state index contributed by atoms with van der Waals surface area (Å²) in [5.41, 5.74) is 1.29. The molecule has 5 heteroatoms. The molecule has 2 aromatic rings. The lowest BCUT2D eigenvalue weighted by molar-refractivity contribution is -0.103. The Bertz CT molecular complexity index is 694. The van der Waals surface area contributed by atoms with E-state index in [1.54, 1.807) is 31.4 Å². The Hall–Kier alpha value is -1.84. The summed E-state index contributed by atoms with van der Waals surface area (Å²) in [6.45, 7) is 0. The number of rotatable bonds is 4. The quantitative estimate of drug-likeness (QED) is 0.459. The highest BCUT2D eigenvalue weighted by Gasteiger charge is 2.13. The van der Waals surface area contributed by atoms with Gasteiger partial charge in [-0.15, -0.1) is 0 Å². The van der Waals surface area contributed by atoms with E-state index in [1.807, 2.05) is 0 Å².